The first-order chi connectivity index (χ1) is 9.67. The van der Waals surface area contributed by atoms with Crippen LogP contribution < -0.4 is 5.73 Å². The fourth-order valence-electron chi connectivity index (χ4n) is 1.62. The van der Waals surface area contributed by atoms with Gasteiger partial charge in [0.1, 0.15) is 12.3 Å². The van der Waals surface area contributed by atoms with Gasteiger partial charge >= 0.3 is 13.6 Å². The van der Waals surface area contributed by atoms with Crippen molar-refractivity contribution in [2.24, 2.45) is 11.7 Å². The Morgan fingerprint density at radius 2 is 2.00 bits per heavy atom. The van der Waals surface area contributed by atoms with Crippen LogP contribution in [-0.4, -0.2) is 21.9 Å². The molecule has 0 spiro atoms. The van der Waals surface area contributed by atoms with E-state index in [-0.39, 0.29) is 18.5 Å². The number of ether oxygens (including phenoxy) is 1. The fraction of sp³-hybridized carbons (Fsp3) is 0.308. The topological polar surface area (TPSA) is 110 Å². The molecule has 1 rings (SSSR count). The van der Waals surface area contributed by atoms with E-state index in [0.29, 0.717) is 5.02 Å². The number of rotatable bonds is 6. The lowest BCUT2D eigenvalue weighted by molar-refractivity contribution is -0.140. The van der Waals surface area contributed by atoms with Crippen LogP contribution >= 0.6 is 19.2 Å². The number of nitrogens with two attached hydrogens (primary N) is 1. The number of halogens is 1. The predicted octanol–water partition coefficient (Wildman–Crippen LogP) is 2.04. The molecule has 4 N–H and O–H groups in total. The molecule has 0 aliphatic rings. The maximum atomic E-state index is 11.6. The van der Waals surface area contributed by atoms with Crippen LogP contribution in [0.1, 0.15) is 12.5 Å². The number of esters is 1. The van der Waals surface area contributed by atoms with E-state index in [4.69, 9.17) is 31.9 Å². The number of carbonyl (C=O) groups is 1. The SMILES string of the molecule is CC(C=C(N)C(=O)OCc1ccc(Cl)cc1)CP(=O)(O)O. The minimum atomic E-state index is -4.14. The van der Waals surface area contributed by atoms with Gasteiger partial charge in [0, 0.05) is 5.02 Å². The molecule has 8 heteroatoms. The van der Waals surface area contributed by atoms with Crippen LogP contribution in [0.2, 0.25) is 5.02 Å². The fourth-order valence-corrected chi connectivity index (χ4v) is 2.60. The summed E-state index contributed by atoms with van der Waals surface area (Å²) in [5.74, 6) is -1.27. The van der Waals surface area contributed by atoms with Gasteiger partial charge < -0.3 is 20.3 Å². The highest BCUT2D eigenvalue weighted by Crippen LogP contribution is 2.37. The third kappa shape index (κ3) is 7.29. The molecule has 0 aliphatic heterocycles. The quantitative estimate of drug-likeness (QED) is 0.417. The second kappa shape index (κ2) is 7.61. The molecule has 1 atom stereocenters. The summed E-state index contributed by atoms with van der Waals surface area (Å²) >= 11 is 5.73. The van der Waals surface area contributed by atoms with Crippen molar-refractivity contribution < 1.29 is 23.9 Å². The zero-order valence-corrected chi connectivity index (χ0v) is 13.1. The average Bonchev–Trinajstić information content (AvgIpc) is 2.35. The van der Waals surface area contributed by atoms with Gasteiger partial charge in [0.15, 0.2) is 0 Å². The Balaban J connectivity index is 2.54. The second-order valence-corrected chi connectivity index (χ2v) is 6.78. The zero-order valence-electron chi connectivity index (χ0n) is 11.4. The Morgan fingerprint density at radius 3 is 2.52 bits per heavy atom. The van der Waals surface area contributed by atoms with E-state index in [1.54, 1.807) is 31.2 Å². The smallest absolute Gasteiger partial charge is 0.354 e. The lowest BCUT2D eigenvalue weighted by Crippen LogP contribution is -2.16. The zero-order chi connectivity index (χ0) is 16.0. The Kier molecular flexibility index (Phi) is 6.42. The summed E-state index contributed by atoms with van der Waals surface area (Å²) in [6.07, 6.45) is 0.904. The third-order valence-corrected chi connectivity index (χ3v) is 3.81. The maximum Gasteiger partial charge on any atom is 0.354 e. The second-order valence-electron chi connectivity index (χ2n) is 4.65. The molecule has 1 aromatic carbocycles. The summed E-state index contributed by atoms with van der Waals surface area (Å²) in [7, 11) is -4.14. The molecule has 0 heterocycles. The first-order valence-corrected chi connectivity index (χ1v) is 8.28. The lowest BCUT2D eigenvalue weighted by atomic mass is 10.2. The van der Waals surface area contributed by atoms with Crippen molar-refractivity contribution in [1.82, 2.24) is 0 Å². The van der Waals surface area contributed by atoms with E-state index < -0.39 is 19.5 Å². The highest BCUT2D eigenvalue weighted by molar-refractivity contribution is 7.51. The van der Waals surface area contributed by atoms with E-state index in [1.165, 1.54) is 6.08 Å². The normalized spacial score (nSPS) is 13.8. The minimum Gasteiger partial charge on any atom is -0.456 e. The van der Waals surface area contributed by atoms with Crippen LogP contribution in [0.25, 0.3) is 0 Å². The van der Waals surface area contributed by atoms with Gasteiger partial charge in [-0.2, -0.15) is 0 Å². The summed E-state index contributed by atoms with van der Waals surface area (Å²) in [4.78, 5) is 29.3. The van der Waals surface area contributed by atoms with E-state index in [9.17, 15) is 9.36 Å². The molecular weight excluding hydrogens is 317 g/mol. The van der Waals surface area contributed by atoms with Crippen LogP contribution in [0.5, 0.6) is 0 Å². The van der Waals surface area contributed by atoms with Crippen LogP contribution in [-0.2, 0) is 20.7 Å². The van der Waals surface area contributed by atoms with E-state index in [1.807, 2.05) is 0 Å². The van der Waals surface area contributed by atoms with Crippen molar-refractivity contribution in [3.8, 4) is 0 Å². The van der Waals surface area contributed by atoms with Gasteiger partial charge in [-0.3, -0.25) is 4.57 Å². The summed E-state index contributed by atoms with van der Waals surface area (Å²) in [5, 5.41) is 0.579. The maximum absolute atomic E-state index is 11.6. The van der Waals surface area contributed by atoms with Crippen molar-refractivity contribution in [3.63, 3.8) is 0 Å². The Bertz CT molecular complexity index is 566. The summed E-state index contributed by atoms with van der Waals surface area (Å²) in [6.45, 7) is 1.59. The molecule has 0 bridgehead atoms. The highest BCUT2D eigenvalue weighted by Gasteiger charge is 2.18. The molecule has 0 fully saturated rings. The van der Waals surface area contributed by atoms with E-state index in [0.717, 1.165) is 5.56 Å². The van der Waals surface area contributed by atoms with Crippen LogP contribution in [0, 0.1) is 5.92 Å². The molecule has 0 aromatic heterocycles. The molecule has 21 heavy (non-hydrogen) atoms. The van der Waals surface area contributed by atoms with Gasteiger partial charge in [-0.15, -0.1) is 0 Å². The number of benzene rings is 1. The van der Waals surface area contributed by atoms with E-state index >= 15 is 0 Å². The Labute approximate surface area is 127 Å². The molecule has 116 valence electrons. The van der Waals surface area contributed by atoms with Crippen LogP contribution in [0.15, 0.2) is 36.0 Å². The Hall–Kier alpha value is -1.33. The van der Waals surface area contributed by atoms with Crippen LogP contribution in [0.4, 0.5) is 0 Å². The third-order valence-electron chi connectivity index (χ3n) is 2.51. The summed E-state index contributed by atoms with van der Waals surface area (Å²) in [6, 6.07) is 6.77. The number of carbonyl (C=O) groups excluding carboxylic acids is 1. The number of allylic oxidation sites excluding steroid dienone is 1. The summed E-state index contributed by atoms with van der Waals surface area (Å²) in [5.41, 5.74) is 6.12. The van der Waals surface area contributed by atoms with Gasteiger partial charge in [0.25, 0.3) is 0 Å². The van der Waals surface area contributed by atoms with Crippen LogP contribution in [0.3, 0.4) is 0 Å². The first-order valence-electron chi connectivity index (χ1n) is 6.11. The largest absolute Gasteiger partial charge is 0.456 e. The predicted molar refractivity (Wildman–Crippen MR) is 79.6 cm³/mol. The monoisotopic (exact) mass is 333 g/mol. The molecule has 0 saturated heterocycles. The highest BCUT2D eigenvalue weighted by atomic mass is 35.5. The van der Waals surface area contributed by atoms with Gasteiger partial charge in [-0.25, -0.2) is 4.79 Å². The van der Waals surface area contributed by atoms with Gasteiger partial charge in [0.05, 0.1) is 6.16 Å². The standard InChI is InChI=1S/C13H17ClNO5P/c1-9(8-21(17,18)19)6-12(15)13(16)20-7-10-2-4-11(14)5-3-10/h2-6,9H,7-8,15H2,1H3,(H2,17,18,19). The van der Waals surface area contributed by atoms with Crippen molar-refractivity contribution in [2.45, 2.75) is 13.5 Å². The number of hydrogen-bond donors (Lipinski definition) is 3. The minimum absolute atomic E-state index is 0.0391. The molecule has 1 unspecified atom stereocenters. The van der Waals surface area contributed by atoms with Gasteiger partial charge in [-0.05, 0) is 23.6 Å². The van der Waals surface area contributed by atoms with Gasteiger partial charge in [0.2, 0.25) is 0 Å². The molecule has 1 aromatic rings. The molecule has 6 nitrogen and oxygen atoms in total. The van der Waals surface area contributed by atoms with E-state index in [2.05, 4.69) is 0 Å². The molecule has 0 radical (unpaired) electrons. The Morgan fingerprint density at radius 1 is 1.43 bits per heavy atom. The van der Waals surface area contributed by atoms with Crippen molar-refractivity contribution >= 4 is 25.2 Å². The lowest BCUT2D eigenvalue weighted by Gasteiger charge is -2.10. The first kappa shape index (κ1) is 17.7. The average molecular weight is 334 g/mol. The molecular formula is C13H17ClNO5P. The molecule has 0 amide bonds. The number of hydrogen-bond acceptors (Lipinski definition) is 4. The van der Waals surface area contributed by atoms with Crippen molar-refractivity contribution in [2.75, 3.05) is 6.16 Å². The van der Waals surface area contributed by atoms with Gasteiger partial charge in [-0.1, -0.05) is 36.7 Å². The van der Waals surface area contributed by atoms with Crippen molar-refractivity contribution in [1.29, 1.82) is 0 Å². The summed E-state index contributed by atoms with van der Waals surface area (Å²) < 4.78 is 15.8. The molecule has 0 aliphatic carbocycles. The van der Waals surface area contributed by atoms with Crippen molar-refractivity contribution in [3.05, 3.63) is 46.6 Å². The molecule has 0 saturated carbocycles.